The summed E-state index contributed by atoms with van der Waals surface area (Å²) >= 11 is 3.29. The zero-order chi connectivity index (χ0) is 45.7. The van der Waals surface area contributed by atoms with Gasteiger partial charge >= 0.3 is 12.4 Å². The number of alkyl halides is 6. The van der Waals surface area contributed by atoms with Crippen molar-refractivity contribution in [1.29, 1.82) is 0 Å². The van der Waals surface area contributed by atoms with Crippen molar-refractivity contribution in [3.63, 3.8) is 0 Å². The van der Waals surface area contributed by atoms with E-state index in [1.54, 1.807) is 61.1 Å². The van der Waals surface area contributed by atoms with Gasteiger partial charge in [0.2, 0.25) is 31.7 Å². The molecule has 0 aliphatic heterocycles. The number of halogens is 7. The quantitative estimate of drug-likeness (QED) is 0.0891. The van der Waals surface area contributed by atoms with E-state index >= 15 is 0 Å². The smallest absolute Gasteiger partial charge is 0.338 e. The number of hydrogen-bond donors (Lipinski definition) is 4. The van der Waals surface area contributed by atoms with Crippen LogP contribution in [0.4, 0.5) is 55.2 Å². The topological polar surface area (TPSA) is 242 Å². The first kappa shape index (κ1) is 45.7. The maximum absolute atomic E-state index is 13.0. The Morgan fingerprint density at radius 1 is 0.619 bits per heavy atom. The van der Waals surface area contributed by atoms with E-state index in [1.807, 2.05) is 0 Å². The van der Waals surface area contributed by atoms with Gasteiger partial charge in [0.15, 0.2) is 11.6 Å². The number of nitrogens with one attached hydrogen (secondary N) is 3. The summed E-state index contributed by atoms with van der Waals surface area (Å²) in [6.45, 7) is 0. The average molecular weight is 980 g/mol. The molecule has 27 heteroatoms. The minimum atomic E-state index is -4.60. The van der Waals surface area contributed by atoms with Crippen LogP contribution in [0.1, 0.15) is 11.4 Å². The zero-order valence-corrected chi connectivity index (χ0v) is 35.3. The summed E-state index contributed by atoms with van der Waals surface area (Å²) in [6.07, 6.45) is -0.915. The maximum Gasteiger partial charge on any atom is 0.433 e. The Hall–Kier alpha value is -6.84. The van der Waals surface area contributed by atoms with E-state index in [2.05, 4.69) is 76.5 Å². The fourth-order valence-electron chi connectivity index (χ4n) is 5.21. The molecule has 8 aromatic rings. The third-order valence-corrected chi connectivity index (χ3v) is 8.63. The first-order valence-electron chi connectivity index (χ1n) is 17.4. The molecular weight excluding hydrogens is 951 g/mol. The molecule has 328 valence electrons. The van der Waals surface area contributed by atoms with Crippen LogP contribution in [0.3, 0.4) is 0 Å². The second kappa shape index (κ2) is 18.2. The fraction of sp³-hybridized carbons (Fsp3) is 0.111. The summed E-state index contributed by atoms with van der Waals surface area (Å²) < 4.78 is 126. The molecule has 0 amide bonds. The van der Waals surface area contributed by atoms with Gasteiger partial charge in [-0.05, 0) is 82.7 Å². The average Bonchev–Trinajstić information content (AvgIpc) is 3.87. The molecule has 63 heavy (non-hydrogen) atoms. The first-order valence-corrected chi connectivity index (χ1v) is 22.0. The second-order valence-electron chi connectivity index (χ2n) is 12.8. The second-order valence-corrected chi connectivity index (χ2v) is 17.0. The van der Waals surface area contributed by atoms with Gasteiger partial charge in [0, 0.05) is 42.2 Å². The molecule has 0 aliphatic rings. The number of pyridine rings is 4. The Balaban J connectivity index is 0.000000191. The summed E-state index contributed by atoms with van der Waals surface area (Å²) in [4.78, 5) is 24.0. The molecule has 0 saturated carbocycles. The largest absolute Gasteiger partial charge is 0.433 e. The number of hydrogen-bond acceptors (Lipinski definition) is 14. The number of sulfonamides is 2. The van der Waals surface area contributed by atoms with Gasteiger partial charge in [0.25, 0.3) is 0 Å². The van der Waals surface area contributed by atoms with Crippen LogP contribution in [0.25, 0.3) is 34.1 Å². The number of nitrogens with two attached hydrogens (primary N) is 1. The van der Waals surface area contributed by atoms with Gasteiger partial charge < -0.3 is 10.6 Å². The van der Waals surface area contributed by atoms with Crippen LogP contribution in [0.2, 0.25) is 0 Å². The Bertz CT molecular complexity index is 3140. The van der Waals surface area contributed by atoms with E-state index < -0.39 is 43.8 Å². The van der Waals surface area contributed by atoms with Crippen molar-refractivity contribution in [3.8, 4) is 23.0 Å². The van der Waals surface area contributed by atoms with Crippen LogP contribution >= 0.6 is 15.9 Å². The summed E-state index contributed by atoms with van der Waals surface area (Å²) in [5.74, 6) is 0.849. The van der Waals surface area contributed by atoms with Crippen LogP contribution in [0.5, 0.6) is 0 Å². The summed E-state index contributed by atoms with van der Waals surface area (Å²) in [5.41, 5.74) is 0.295. The number of primary sulfonamides is 1. The first-order chi connectivity index (χ1) is 29.5. The molecule has 8 rings (SSSR count). The predicted molar refractivity (Wildman–Crippen MR) is 223 cm³/mol. The van der Waals surface area contributed by atoms with E-state index in [-0.39, 0.29) is 34.7 Å². The van der Waals surface area contributed by atoms with E-state index in [4.69, 9.17) is 0 Å². The van der Waals surface area contributed by atoms with E-state index in [0.717, 1.165) is 24.6 Å². The summed E-state index contributed by atoms with van der Waals surface area (Å²) in [5, 5.41) is 19.0. The van der Waals surface area contributed by atoms with Crippen LogP contribution in [0.15, 0.2) is 114 Å². The van der Waals surface area contributed by atoms with Gasteiger partial charge in [-0.3, -0.25) is 4.72 Å². The third-order valence-electron chi connectivity index (χ3n) is 7.62. The predicted octanol–water partition coefficient (Wildman–Crippen LogP) is 6.94. The van der Waals surface area contributed by atoms with Crippen molar-refractivity contribution >= 4 is 75.8 Å². The highest BCUT2D eigenvalue weighted by Gasteiger charge is 2.33. The maximum atomic E-state index is 13.0. The number of fused-ring (bicyclic) bond motifs is 2. The van der Waals surface area contributed by atoms with Crippen molar-refractivity contribution in [2.45, 2.75) is 12.4 Å². The molecule has 18 nitrogen and oxygen atoms in total. The van der Waals surface area contributed by atoms with Crippen molar-refractivity contribution in [3.05, 3.63) is 126 Å². The normalized spacial score (nSPS) is 11.9. The Morgan fingerprint density at radius 3 is 1.49 bits per heavy atom. The van der Waals surface area contributed by atoms with Crippen LogP contribution in [-0.2, 0) is 32.4 Å². The minimum absolute atomic E-state index is 0.0270. The summed E-state index contributed by atoms with van der Waals surface area (Å²) in [7, 11) is -6.69. The lowest BCUT2D eigenvalue weighted by Crippen LogP contribution is -2.11. The molecule has 0 aromatic carbocycles. The molecule has 0 spiro atoms. The van der Waals surface area contributed by atoms with Gasteiger partial charge in [0.05, 0.1) is 12.5 Å². The molecule has 8 aromatic heterocycles. The Kier molecular flexibility index (Phi) is 13.2. The standard InChI is InChI=1S/C18H14F3N7O2S.C17H10BrF3N6.CH5NO2S/c1-31(29,30)27-15-10-11(7-8-22-15)23-17-13-5-3-9-28(13)26-16(25-17)12-4-2-6-14(24-12)18(19,20)21;18-14-9-10(6-7-22-14)23-16-12-4-2-8-27(12)26-15(25-16)11-3-1-5-13(24-11)17(19,20)21;1-5(2,3)4/h2-10H,1H3,(H2,22,23,25,26,27);1-9H,(H,22,23,25,26);1H3,(H2,2,3,4). The Labute approximate surface area is 360 Å². The minimum Gasteiger partial charge on any atom is -0.338 e. The number of aromatic nitrogens is 10. The highest BCUT2D eigenvalue weighted by Crippen LogP contribution is 2.31. The fourth-order valence-corrected chi connectivity index (χ4v) is 6.07. The molecule has 0 unspecified atom stereocenters. The lowest BCUT2D eigenvalue weighted by atomic mass is 10.3. The van der Waals surface area contributed by atoms with Crippen molar-refractivity contribution in [2.24, 2.45) is 5.14 Å². The lowest BCUT2D eigenvalue weighted by molar-refractivity contribution is -0.141. The molecule has 5 N–H and O–H groups in total. The molecule has 0 atom stereocenters. The van der Waals surface area contributed by atoms with Crippen LogP contribution in [-0.4, -0.2) is 78.5 Å². The van der Waals surface area contributed by atoms with Gasteiger partial charge in [-0.2, -0.15) is 26.3 Å². The van der Waals surface area contributed by atoms with E-state index in [1.165, 1.54) is 45.6 Å². The molecule has 8 heterocycles. The van der Waals surface area contributed by atoms with Gasteiger partial charge in [0.1, 0.15) is 44.2 Å². The van der Waals surface area contributed by atoms with Crippen molar-refractivity contribution in [1.82, 2.24) is 49.1 Å². The van der Waals surface area contributed by atoms with Gasteiger partial charge in [-0.25, -0.2) is 60.9 Å². The SMILES string of the molecule is CS(=O)(=O)Nc1cc(Nc2nc(-c3cccc(C(F)(F)F)n3)nn3cccc23)ccn1.CS(N)(=O)=O.FC(F)(F)c1cccc(-c2nc(Nc3ccnc(Br)c3)c3cccn3n2)n1. The highest BCUT2D eigenvalue weighted by atomic mass is 79.9. The van der Waals surface area contributed by atoms with Gasteiger partial charge in [-0.1, -0.05) is 12.1 Å². The monoisotopic (exact) mass is 978 g/mol. The number of anilines is 5. The zero-order valence-electron chi connectivity index (χ0n) is 32.0. The molecule has 0 fully saturated rings. The lowest BCUT2D eigenvalue weighted by Gasteiger charge is -2.11. The number of nitrogens with zero attached hydrogens (tertiary/aromatic N) is 10. The van der Waals surface area contributed by atoms with E-state index in [9.17, 15) is 43.2 Å². The van der Waals surface area contributed by atoms with Crippen LogP contribution < -0.4 is 20.5 Å². The Morgan fingerprint density at radius 2 is 1.06 bits per heavy atom. The molecule has 0 saturated heterocycles. The molecular formula is C36H29BrF6N14O4S2. The molecule has 0 bridgehead atoms. The van der Waals surface area contributed by atoms with Gasteiger partial charge in [-0.15, -0.1) is 10.2 Å². The van der Waals surface area contributed by atoms with Crippen molar-refractivity contribution < 1.29 is 43.2 Å². The number of rotatable bonds is 8. The van der Waals surface area contributed by atoms with Crippen LogP contribution in [0, 0.1) is 0 Å². The van der Waals surface area contributed by atoms with Crippen molar-refractivity contribution in [2.75, 3.05) is 27.9 Å². The highest BCUT2D eigenvalue weighted by molar-refractivity contribution is 9.10. The molecule has 0 aliphatic carbocycles. The third kappa shape index (κ3) is 12.8. The van der Waals surface area contributed by atoms with E-state index in [0.29, 0.717) is 32.8 Å². The summed E-state index contributed by atoms with van der Waals surface area (Å²) in [6, 6.07) is 20.6. The molecule has 0 radical (unpaired) electrons.